The first-order chi connectivity index (χ1) is 9.76. The Morgan fingerprint density at radius 3 is 2.70 bits per heavy atom. The van der Waals surface area contributed by atoms with Crippen molar-refractivity contribution in [2.24, 2.45) is 5.92 Å². The Kier molecular flexibility index (Phi) is 4.03. The second-order valence-corrected chi connectivity index (χ2v) is 5.83. The van der Waals surface area contributed by atoms with Gasteiger partial charge in [-0.3, -0.25) is 9.69 Å². The molecule has 2 heterocycles. The maximum Gasteiger partial charge on any atom is 0.308 e. The summed E-state index contributed by atoms with van der Waals surface area (Å²) in [5, 5.41) is 3.53. The number of benzene rings is 1. The van der Waals surface area contributed by atoms with Gasteiger partial charge in [-0.25, -0.2) is 0 Å². The number of rotatable bonds is 3. The number of carbonyl (C=O) groups is 1. The molecular formula is C16H22N2O2. The van der Waals surface area contributed by atoms with Crippen molar-refractivity contribution in [3.05, 3.63) is 35.4 Å². The van der Waals surface area contributed by atoms with Gasteiger partial charge in [0.05, 0.1) is 13.0 Å². The molecule has 4 nitrogen and oxygen atoms in total. The highest BCUT2D eigenvalue weighted by atomic mass is 16.5. The molecule has 4 heteroatoms. The molecular weight excluding hydrogens is 252 g/mol. The van der Waals surface area contributed by atoms with Crippen LogP contribution in [0.15, 0.2) is 24.3 Å². The van der Waals surface area contributed by atoms with Gasteiger partial charge in [-0.1, -0.05) is 24.3 Å². The number of fused-ring (bicyclic) bond motifs is 1. The van der Waals surface area contributed by atoms with E-state index >= 15 is 0 Å². The molecule has 0 bridgehead atoms. The summed E-state index contributed by atoms with van der Waals surface area (Å²) in [6.07, 6.45) is 1.78. The third kappa shape index (κ3) is 2.86. The van der Waals surface area contributed by atoms with E-state index in [1.807, 2.05) is 0 Å². The van der Waals surface area contributed by atoms with Gasteiger partial charge >= 0.3 is 5.97 Å². The van der Waals surface area contributed by atoms with Gasteiger partial charge in [-0.2, -0.15) is 0 Å². The number of nitrogens with one attached hydrogen (secondary N) is 1. The van der Waals surface area contributed by atoms with Crippen molar-refractivity contribution in [3.8, 4) is 0 Å². The molecule has 3 rings (SSSR count). The van der Waals surface area contributed by atoms with E-state index in [9.17, 15) is 4.79 Å². The molecule has 0 radical (unpaired) electrons. The predicted molar refractivity (Wildman–Crippen MR) is 77.1 cm³/mol. The molecule has 0 saturated carbocycles. The Hall–Kier alpha value is -1.39. The van der Waals surface area contributed by atoms with E-state index in [0.29, 0.717) is 6.04 Å². The largest absolute Gasteiger partial charge is 0.469 e. The Labute approximate surface area is 120 Å². The molecule has 1 saturated heterocycles. The molecule has 0 aliphatic carbocycles. The van der Waals surface area contributed by atoms with Gasteiger partial charge in [0.25, 0.3) is 0 Å². The highest BCUT2D eigenvalue weighted by Gasteiger charge is 2.29. The van der Waals surface area contributed by atoms with Gasteiger partial charge in [0.1, 0.15) is 0 Å². The summed E-state index contributed by atoms with van der Waals surface area (Å²) in [4.78, 5) is 14.1. The minimum absolute atomic E-state index is 0.0544. The monoisotopic (exact) mass is 274 g/mol. The number of hydrogen-bond donors (Lipinski definition) is 1. The Morgan fingerprint density at radius 2 is 2.05 bits per heavy atom. The van der Waals surface area contributed by atoms with Crippen LogP contribution in [0.3, 0.4) is 0 Å². The molecule has 0 aromatic heterocycles. The first-order valence-corrected chi connectivity index (χ1v) is 7.36. The van der Waals surface area contributed by atoms with Gasteiger partial charge < -0.3 is 10.1 Å². The minimum Gasteiger partial charge on any atom is -0.469 e. The van der Waals surface area contributed by atoms with Gasteiger partial charge in [0, 0.05) is 25.7 Å². The summed E-state index contributed by atoms with van der Waals surface area (Å²) < 4.78 is 4.88. The number of hydrogen-bond acceptors (Lipinski definition) is 4. The van der Waals surface area contributed by atoms with Crippen LogP contribution in [0.1, 0.15) is 24.0 Å². The first-order valence-electron chi connectivity index (χ1n) is 7.36. The van der Waals surface area contributed by atoms with Crippen molar-refractivity contribution in [1.29, 1.82) is 0 Å². The molecule has 20 heavy (non-hydrogen) atoms. The minimum atomic E-state index is -0.0544. The summed E-state index contributed by atoms with van der Waals surface area (Å²) in [5.41, 5.74) is 2.88. The maximum absolute atomic E-state index is 11.7. The molecule has 1 aromatic carbocycles. The average Bonchev–Trinajstić information content (AvgIpc) is 2.88. The van der Waals surface area contributed by atoms with Crippen LogP contribution in [0.5, 0.6) is 0 Å². The molecule has 2 unspecified atom stereocenters. The average molecular weight is 274 g/mol. The molecule has 0 amide bonds. The van der Waals surface area contributed by atoms with Crippen molar-refractivity contribution in [2.75, 3.05) is 20.2 Å². The summed E-state index contributed by atoms with van der Waals surface area (Å²) in [5.74, 6) is 0.0115. The first kappa shape index (κ1) is 13.6. The molecule has 2 aliphatic rings. The van der Waals surface area contributed by atoms with Crippen LogP contribution in [0.25, 0.3) is 0 Å². The zero-order valence-electron chi connectivity index (χ0n) is 12.0. The lowest BCUT2D eigenvalue weighted by atomic mass is 9.92. The van der Waals surface area contributed by atoms with E-state index in [0.717, 1.165) is 39.0 Å². The third-order valence-corrected chi connectivity index (χ3v) is 4.41. The van der Waals surface area contributed by atoms with E-state index in [-0.39, 0.29) is 11.9 Å². The van der Waals surface area contributed by atoms with Crippen molar-refractivity contribution >= 4 is 5.97 Å². The number of esters is 1. The fourth-order valence-electron chi connectivity index (χ4n) is 3.37. The smallest absolute Gasteiger partial charge is 0.308 e. The number of ether oxygens (including phenoxy) is 1. The SMILES string of the molecule is COC(=O)C1CCNC(CN2Cc3ccccc3C2)C1. The molecule has 2 aliphatic heterocycles. The molecule has 1 N–H and O–H groups in total. The molecule has 108 valence electrons. The van der Waals surface area contributed by atoms with Gasteiger partial charge in [-0.05, 0) is 30.5 Å². The van der Waals surface area contributed by atoms with Crippen molar-refractivity contribution in [2.45, 2.75) is 32.0 Å². The van der Waals surface area contributed by atoms with Gasteiger partial charge in [-0.15, -0.1) is 0 Å². The van der Waals surface area contributed by atoms with Crippen LogP contribution in [0.4, 0.5) is 0 Å². The third-order valence-electron chi connectivity index (χ3n) is 4.41. The predicted octanol–water partition coefficient (Wildman–Crippen LogP) is 1.54. The van der Waals surface area contributed by atoms with Crippen LogP contribution in [0.2, 0.25) is 0 Å². The Balaban J connectivity index is 1.56. The number of carbonyl (C=O) groups excluding carboxylic acids is 1. The van der Waals surface area contributed by atoms with E-state index < -0.39 is 0 Å². The fourth-order valence-corrected chi connectivity index (χ4v) is 3.37. The number of nitrogens with zero attached hydrogens (tertiary/aromatic N) is 1. The normalized spacial score (nSPS) is 26.2. The van der Waals surface area contributed by atoms with Crippen molar-refractivity contribution in [1.82, 2.24) is 10.2 Å². The zero-order valence-corrected chi connectivity index (χ0v) is 12.0. The highest BCUT2D eigenvalue weighted by Crippen LogP contribution is 2.24. The summed E-state index contributed by atoms with van der Waals surface area (Å²) >= 11 is 0. The van der Waals surface area contributed by atoms with Crippen LogP contribution in [-0.2, 0) is 22.6 Å². The lowest BCUT2D eigenvalue weighted by Gasteiger charge is -2.31. The van der Waals surface area contributed by atoms with Crippen LogP contribution >= 0.6 is 0 Å². The summed E-state index contributed by atoms with van der Waals surface area (Å²) in [7, 11) is 1.48. The van der Waals surface area contributed by atoms with E-state index in [2.05, 4.69) is 34.5 Å². The fraction of sp³-hybridized carbons (Fsp3) is 0.562. The maximum atomic E-state index is 11.7. The highest BCUT2D eigenvalue weighted by molar-refractivity contribution is 5.72. The molecule has 0 spiro atoms. The zero-order chi connectivity index (χ0) is 13.9. The van der Waals surface area contributed by atoms with Crippen LogP contribution in [-0.4, -0.2) is 37.1 Å². The summed E-state index contributed by atoms with van der Waals surface area (Å²) in [6.45, 7) is 3.96. The second kappa shape index (κ2) is 5.94. The van der Waals surface area contributed by atoms with E-state index in [1.54, 1.807) is 0 Å². The standard InChI is InChI=1S/C16H22N2O2/c1-20-16(19)12-6-7-17-15(8-12)11-18-9-13-4-2-3-5-14(13)10-18/h2-5,12,15,17H,6-11H2,1H3. The molecule has 1 aromatic rings. The van der Waals surface area contributed by atoms with Gasteiger partial charge in [0.2, 0.25) is 0 Å². The van der Waals surface area contributed by atoms with E-state index in [1.165, 1.54) is 18.2 Å². The lowest BCUT2D eigenvalue weighted by molar-refractivity contribution is -0.146. The Morgan fingerprint density at radius 1 is 1.35 bits per heavy atom. The van der Waals surface area contributed by atoms with Crippen molar-refractivity contribution < 1.29 is 9.53 Å². The van der Waals surface area contributed by atoms with Crippen LogP contribution < -0.4 is 5.32 Å². The van der Waals surface area contributed by atoms with E-state index in [4.69, 9.17) is 4.74 Å². The second-order valence-electron chi connectivity index (χ2n) is 5.83. The van der Waals surface area contributed by atoms with Gasteiger partial charge in [0.15, 0.2) is 0 Å². The Bertz CT molecular complexity index is 464. The number of piperidine rings is 1. The van der Waals surface area contributed by atoms with Crippen LogP contribution in [0, 0.1) is 5.92 Å². The topological polar surface area (TPSA) is 41.6 Å². The quantitative estimate of drug-likeness (QED) is 0.849. The molecule has 2 atom stereocenters. The molecule has 1 fully saturated rings. The number of methoxy groups -OCH3 is 1. The van der Waals surface area contributed by atoms with Crippen molar-refractivity contribution in [3.63, 3.8) is 0 Å². The lowest BCUT2D eigenvalue weighted by Crippen LogP contribution is -2.46. The summed E-state index contributed by atoms with van der Waals surface area (Å²) in [6, 6.07) is 9.02.